The zero-order valence-corrected chi connectivity index (χ0v) is 9.33. The second-order valence-corrected chi connectivity index (χ2v) is 3.88. The van der Waals surface area contributed by atoms with Crippen molar-refractivity contribution >= 4 is 22.5 Å². The van der Waals surface area contributed by atoms with Crippen molar-refractivity contribution in [1.29, 1.82) is 0 Å². The smallest absolute Gasteiger partial charge is 0.134 e. The highest BCUT2D eigenvalue weighted by Gasteiger charge is 2.08. The molecule has 1 heterocycles. The summed E-state index contributed by atoms with van der Waals surface area (Å²) in [5, 5.41) is 15.0. The molecule has 15 heavy (non-hydrogen) atoms. The second kappa shape index (κ2) is 4.21. The summed E-state index contributed by atoms with van der Waals surface area (Å²) in [7, 11) is 0. The summed E-state index contributed by atoms with van der Waals surface area (Å²) in [6, 6.07) is 5.64. The molecule has 2 rings (SSSR count). The van der Waals surface area contributed by atoms with Crippen LogP contribution in [0, 0.1) is 0 Å². The van der Waals surface area contributed by atoms with E-state index in [2.05, 4.69) is 12.0 Å². The van der Waals surface area contributed by atoms with Gasteiger partial charge in [0.2, 0.25) is 0 Å². The summed E-state index contributed by atoms with van der Waals surface area (Å²) in [6.07, 6.45) is 1.00. The highest BCUT2D eigenvalue weighted by Crippen LogP contribution is 2.24. The largest absolute Gasteiger partial charge is 0.392 e. The van der Waals surface area contributed by atoms with Crippen LogP contribution in [0.3, 0.4) is 0 Å². The highest BCUT2D eigenvalue weighted by atomic mass is 35.5. The molecular weight excluding hydrogens is 212 g/mol. The molecule has 0 saturated carbocycles. The first kappa shape index (κ1) is 10.5. The lowest BCUT2D eigenvalue weighted by atomic mass is 10.2. The average Bonchev–Trinajstić information content (AvgIpc) is 2.56. The number of rotatable bonds is 3. The summed E-state index contributed by atoms with van der Waals surface area (Å²) in [4.78, 5) is 0. The van der Waals surface area contributed by atoms with Crippen LogP contribution in [-0.2, 0) is 13.2 Å². The standard InChI is InChI=1S/C11H13ClN2O/c1-2-5-14-11(12)9-6-8(7-15)3-4-10(9)13-14/h3-4,6,15H,2,5,7H2,1H3. The molecule has 0 amide bonds. The Bertz CT molecular complexity index is 479. The third-order valence-corrected chi connectivity index (χ3v) is 2.75. The predicted octanol–water partition coefficient (Wildman–Crippen LogP) is 2.59. The molecule has 80 valence electrons. The second-order valence-electron chi connectivity index (χ2n) is 3.52. The van der Waals surface area contributed by atoms with Crippen LogP contribution >= 0.6 is 11.6 Å². The number of fused-ring (bicyclic) bond motifs is 1. The predicted molar refractivity (Wildman–Crippen MR) is 61.0 cm³/mol. The number of hydrogen-bond acceptors (Lipinski definition) is 2. The van der Waals surface area contributed by atoms with E-state index in [0.717, 1.165) is 29.4 Å². The number of aromatic nitrogens is 2. The Morgan fingerprint density at radius 3 is 2.93 bits per heavy atom. The van der Waals surface area contributed by atoms with Crippen LogP contribution in [0.25, 0.3) is 10.9 Å². The molecule has 0 fully saturated rings. The Labute approximate surface area is 93.3 Å². The zero-order chi connectivity index (χ0) is 10.8. The Hall–Kier alpha value is -1.06. The van der Waals surface area contributed by atoms with Crippen molar-refractivity contribution in [2.75, 3.05) is 0 Å². The maximum Gasteiger partial charge on any atom is 0.134 e. The fourth-order valence-corrected chi connectivity index (χ4v) is 1.88. The summed E-state index contributed by atoms with van der Waals surface area (Å²) in [5.74, 6) is 0. The van der Waals surface area contributed by atoms with E-state index in [4.69, 9.17) is 16.7 Å². The van der Waals surface area contributed by atoms with Crippen LogP contribution in [0.2, 0.25) is 5.15 Å². The van der Waals surface area contributed by atoms with E-state index in [1.165, 1.54) is 0 Å². The van der Waals surface area contributed by atoms with Gasteiger partial charge in [0.05, 0.1) is 12.1 Å². The zero-order valence-electron chi connectivity index (χ0n) is 8.57. The van der Waals surface area contributed by atoms with Crippen molar-refractivity contribution in [1.82, 2.24) is 9.78 Å². The fraction of sp³-hybridized carbons (Fsp3) is 0.364. The molecule has 0 bridgehead atoms. The van der Waals surface area contributed by atoms with Gasteiger partial charge in [-0.1, -0.05) is 24.6 Å². The van der Waals surface area contributed by atoms with Gasteiger partial charge in [0.1, 0.15) is 5.15 Å². The Kier molecular flexibility index (Phi) is 2.93. The molecule has 1 aromatic heterocycles. The molecule has 0 unspecified atom stereocenters. The molecule has 0 aliphatic rings. The first-order valence-electron chi connectivity index (χ1n) is 5.02. The summed E-state index contributed by atoms with van der Waals surface area (Å²) >= 11 is 6.18. The molecule has 1 aromatic carbocycles. The summed E-state index contributed by atoms with van der Waals surface area (Å²) in [6.45, 7) is 2.94. The van der Waals surface area contributed by atoms with Gasteiger partial charge in [-0.2, -0.15) is 5.10 Å². The monoisotopic (exact) mass is 224 g/mol. The first-order valence-corrected chi connectivity index (χ1v) is 5.40. The number of hydrogen-bond donors (Lipinski definition) is 1. The van der Waals surface area contributed by atoms with Crippen molar-refractivity contribution in [3.05, 3.63) is 28.9 Å². The molecule has 1 N–H and O–H groups in total. The minimum Gasteiger partial charge on any atom is -0.392 e. The van der Waals surface area contributed by atoms with Gasteiger partial charge < -0.3 is 5.11 Å². The molecule has 2 aromatic rings. The van der Waals surface area contributed by atoms with Gasteiger partial charge in [-0.3, -0.25) is 4.68 Å². The summed E-state index contributed by atoms with van der Waals surface area (Å²) in [5.41, 5.74) is 1.74. The van der Waals surface area contributed by atoms with Crippen molar-refractivity contribution in [3.8, 4) is 0 Å². The molecule has 0 aliphatic carbocycles. The van der Waals surface area contributed by atoms with Crippen LogP contribution in [-0.4, -0.2) is 14.9 Å². The van der Waals surface area contributed by atoms with Crippen LogP contribution in [0.4, 0.5) is 0 Å². The minimum absolute atomic E-state index is 0.0330. The third kappa shape index (κ3) is 1.85. The first-order chi connectivity index (χ1) is 7.26. The van der Waals surface area contributed by atoms with Gasteiger partial charge in [-0.05, 0) is 24.1 Å². The van der Waals surface area contributed by atoms with E-state index in [1.54, 1.807) is 4.68 Å². The van der Waals surface area contributed by atoms with Gasteiger partial charge in [-0.25, -0.2) is 0 Å². The number of aliphatic hydroxyl groups excluding tert-OH is 1. The number of nitrogens with zero attached hydrogens (tertiary/aromatic N) is 2. The maximum absolute atomic E-state index is 9.03. The van der Waals surface area contributed by atoms with Gasteiger partial charge in [0.25, 0.3) is 0 Å². The molecule has 4 heteroatoms. The van der Waals surface area contributed by atoms with Gasteiger partial charge in [0.15, 0.2) is 0 Å². The van der Waals surface area contributed by atoms with E-state index in [-0.39, 0.29) is 6.61 Å². The van der Waals surface area contributed by atoms with Crippen LogP contribution in [0.5, 0.6) is 0 Å². The molecule has 0 saturated heterocycles. The lowest BCUT2D eigenvalue weighted by Gasteiger charge is -1.98. The summed E-state index contributed by atoms with van der Waals surface area (Å²) < 4.78 is 1.80. The quantitative estimate of drug-likeness (QED) is 0.870. The lowest BCUT2D eigenvalue weighted by molar-refractivity contribution is 0.282. The number of aryl methyl sites for hydroxylation is 1. The van der Waals surface area contributed by atoms with E-state index >= 15 is 0 Å². The molecule has 0 aliphatic heterocycles. The molecule has 0 spiro atoms. The van der Waals surface area contributed by atoms with E-state index in [9.17, 15) is 0 Å². The van der Waals surface area contributed by atoms with E-state index < -0.39 is 0 Å². The van der Waals surface area contributed by atoms with Crippen LogP contribution in [0.15, 0.2) is 18.2 Å². The molecular formula is C11H13ClN2O. The van der Waals surface area contributed by atoms with E-state index in [0.29, 0.717) is 5.15 Å². The normalized spacial score (nSPS) is 11.1. The number of halogens is 1. The van der Waals surface area contributed by atoms with Gasteiger partial charge >= 0.3 is 0 Å². The number of aliphatic hydroxyl groups is 1. The van der Waals surface area contributed by atoms with Crippen molar-refractivity contribution in [2.45, 2.75) is 26.5 Å². The van der Waals surface area contributed by atoms with Gasteiger partial charge in [0, 0.05) is 11.9 Å². The highest BCUT2D eigenvalue weighted by molar-refractivity contribution is 6.34. The van der Waals surface area contributed by atoms with Gasteiger partial charge in [-0.15, -0.1) is 0 Å². The Morgan fingerprint density at radius 2 is 2.27 bits per heavy atom. The average molecular weight is 225 g/mol. The topological polar surface area (TPSA) is 38.0 Å². The Balaban J connectivity index is 2.56. The van der Waals surface area contributed by atoms with E-state index in [1.807, 2.05) is 18.2 Å². The Morgan fingerprint density at radius 1 is 1.47 bits per heavy atom. The van der Waals surface area contributed by atoms with Crippen molar-refractivity contribution in [2.24, 2.45) is 0 Å². The third-order valence-electron chi connectivity index (χ3n) is 2.36. The van der Waals surface area contributed by atoms with Crippen LogP contribution < -0.4 is 0 Å². The van der Waals surface area contributed by atoms with Crippen molar-refractivity contribution < 1.29 is 5.11 Å². The molecule has 0 radical (unpaired) electrons. The molecule has 3 nitrogen and oxygen atoms in total. The SMILES string of the molecule is CCCn1nc2ccc(CO)cc2c1Cl. The fourth-order valence-electron chi connectivity index (χ4n) is 1.61. The molecule has 0 atom stereocenters. The van der Waals surface area contributed by atoms with Crippen molar-refractivity contribution in [3.63, 3.8) is 0 Å². The number of benzene rings is 1. The lowest BCUT2D eigenvalue weighted by Crippen LogP contribution is -1.97. The van der Waals surface area contributed by atoms with Crippen LogP contribution in [0.1, 0.15) is 18.9 Å². The minimum atomic E-state index is 0.0330. The maximum atomic E-state index is 9.03.